The van der Waals surface area contributed by atoms with Crippen LogP contribution in [0.4, 0.5) is 0 Å². The lowest BCUT2D eigenvalue weighted by molar-refractivity contribution is 0.0733. The van der Waals surface area contributed by atoms with Crippen molar-refractivity contribution in [3.8, 4) is 0 Å². The Bertz CT molecular complexity index is 640. The van der Waals surface area contributed by atoms with E-state index in [9.17, 15) is 13.2 Å². The van der Waals surface area contributed by atoms with Crippen LogP contribution < -0.4 is 5.14 Å². The van der Waals surface area contributed by atoms with Gasteiger partial charge in [-0.25, -0.2) is 13.6 Å². The predicted octanol–water partition coefficient (Wildman–Crippen LogP) is 1.91. The summed E-state index contributed by atoms with van der Waals surface area (Å²) in [5, 5.41) is 5.26. The van der Waals surface area contributed by atoms with Gasteiger partial charge in [0.1, 0.15) is 0 Å². The first-order valence-corrected chi connectivity index (χ1v) is 8.89. The third-order valence-electron chi connectivity index (χ3n) is 4.11. The molecule has 1 aliphatic rings. The minimum atomic E-state index is -3.81. The second-order valence-electron chi connectivity index (χ2n) is 5.42. The third kappa shape index (κ3) is 3.27. The number of carbonyl (C=O) groups is 1. The van der Waals surface area contributed by atoms with Crippen molar-refractivity contribution in [1.82, 2.24) is 4.90 Å². The monoisotopic (exact) mass is 310 g/mol. The fourth-order valence-electron chi connectivity index (χ4n) is 2.94. The van der Waals surface area contributed by atoms with Gasteiger partial charge >= 0.3 is 0 Å². The molecule has 6 heteroatoms. The Labute approximate surface area is 126 Å². The summed E-state index contributed by atoms with van der Waals surface area (Å²) in [6.45, 7) is 4.66. The molecule has 1 amide bonds. The highest BCUT2D eigenvalue weighted by atomic mass is 32.2. The maximum Gasteiger partial charge on any atom is 0.254 e. The molecule has 2 N–H and O–H groups in total. The molecule has 2 rings (SSSR count). The smallest absolute Gasteiger partial charge is 0.254 e. The third-order valence-corrected chi connectivity index (χ3v) is 5.10. The number of hydrogen-bond donors (Lipinski definition) is 1. The van der Waals surface area contributed by atoms with Crippen LogP contribution in [0.15, 0.2) is 23.1 Å². The van der Waals surface area contributed by atoms with Crippen molar-refractivity contribution in [2.45, 2.75) is 50.5 Å². The van der Waals surface area contributed by atoms with Crippen molar-refractivity contribution < 1.29 is 13.2 Å². The summed E-state index contributed by atoms with van der Waals surface area (Å²) in [5.74, 6) is -0.105. The summed E-state index contributed by atoms with van der Waals surface area (Å²) in [5.41, 5.74) is 1.04. The first kappa shape index (κ1) is 16.0. The summed E-state index contributed by atoms with van der Waals surface area (Å²) in [6, 6.07) is 5.05. The Morgan fingerprint density at radius 3 is 2.67 bits per heavy atom. The minimum Gasteiger partial charge on any atom is -0.336 e. The molecule has 1 aliphatic heterocycles. The molecule has 1 saturated heterocycles. The van der Waals surface area contributed by atoms with Crippen molar-refractivity contribution >= 4 is 15.9 Å². The predicted molar refractivity (Wildman–Crippen MR) is 81.5 cm³/mol. The van der Waals surface area contributed by atoms with Gasteiger partial charge in [-0.05, 0) is 43.4 Å². The van der Waals surface area contributed by atoms with Gasteiger partial charge in [-0.1, -0.05) is 19.9 Å². The van der Waals surface area contributed by atoms with Gasteiger partial charge in [0.25, 0.3) is 5.91 Å². The molecule has 116 valence electrons. The van der Waals surface area contributed by atoms with Gasteiger partial charge in [-0.3, -0.25) is 4.79 Å². The van der Waals surface area contributed by atoms with Crippen LogP contribution in [0.1, 0.15) is 49.0 Å². The molecule has 1 fully saturated rings. The number of benzene rings is 1. The standard InChI is InChI=1S/C15H22N2O3S/c1-3-11-7-8-12(10-14(11)21(16,19)20)15(18)17-9-5-6-13(17)4-2/h7-8,10,13H,3-6,9H2,1-2H3,(H2,16,19,20). The van der Waals surface area contributed by atoms with Gasteiger partial charge in [0.05, 0.1) is 4.90 Å². The SMILES string of the molecule is CCc1ccc(C(=O)N2CCCC2CC)cc1S(N)(=O)=O. The van der Waals surface area contributed by atoms with Crippen LogP contribution in [0.5, 0.6) is 0 Å². The first-order valence-electron chi connectivity index (χ1n) is 7.35. The zero-order chi connectivity index (χ0) is 15.6. The van der Waals surface area contributed by atoms with Crippen LogP contribution >= 0.6 is 0 Å². The number of sulfonamides is 1. The van der Waals surface area contributed by atoms with Crippen molar-refractivity contribution in [3.05, 3.63) is 29.3 Å². The molecule has 0 spiro atoms. The van der Waals surface area contributed by atoms with Gasteiger partial charge in [0, 0.05) is 18.2 Å². The van der Waals surface area contributed by atoms with E-state index in [2.05, 4.69) is 6.92 Å². The number of hydrogen-bond acceptors (Lipinski definition) is 3. The Hall–Kier alpha value is -1.40. The highest BCUT2D eigenvalue weighted by Gasteiger charge is 2.28. The van der Waals surface area contributed by atoms with E-state index in [1.165, 1.54) is 6.07 Å². The number of rotatable bonds is 4. The highest BCUT2D eigenvalue weighted by Crippen LogP contribution is 2.24. The maximum atomic E-state index is 12.6. The molecule has 1 heterocycles. The van der Waals surface area contributed by atoms with E-state index in [4.69, 9.17) is 5.14 Å². The van der Waals surface area contributed by atoms with Crippen LogP contribution in [-0.2, 0) is 16.4 Å². The minimum absolute atomic E-state index is 0.0584. The normalized spacial score (nSPS) is 19.0. The van der Waals surface area contributed by atoms with Crippen LogP contribution in [0, 0.1) is 0 Å². The maximum absolute atomic E-state index is 12.6. The Morgan fingerprint density at radius 1 is 1.38 bits per heavy atom. The lowest BCUT2D eigenvalue weighted by Gasteiger charge is -2.24. The van der Waals surface area contributed by atoms with Gasteiger partial charge in [-0.2, -0.15) is 0 Å². The van der Waals surface area contributed by atoms with E-state index >= 15 is 0 Å². The Kier molecular flexibility index (Phi) is 4.68. The topological polar surface area (TPSA) is 80.5 Å². The van der Waals surface area contributed by atoms with Crippen molar-refractivity contribution in [3.63, 3.8) is 0 Å². The summed E-state index contributed by atoms with van der Waals surface area (Å²) in [7, 11) is -3.81. The fraction of sp³-hybridized carbons (Fsp3) is 0.533. The molecule has 1 unspecified atom stereocenters. The lowest BCUT2D eigenvalue weighted by atomic mass is 10.1. The quantitative estimate of drug-likeness (QED) is 0.922. The summed E-state index contributed by atoms with van der Waals surface area (Å²) in [6.07, 6.45) is 3.49. The van der Waals surface area contributed by atoms with Crippen LogP contribution in [-0.4, -0.2) is 31.8 Å². The number of likely N-dealkylation sites (tertiary alicyclic amines) is 1. The van der Waals surface area contributed by atoms with E-state index in [1.54, 1.807) is 12.1 Å². The molecule has 0 radical (unpaired) electrons. The average molecular weight is 310 g/mol. The fourth-order valence-corrected chi connectivity index (χ4v) is 3.81. The first-order chi connectivity index (χ1) is 9.88. The molecule has 0 aromatic heterocycles. The van der Waals surface area contributed by atoms with E-state index in [-0.39, 0.29) is 16.8 Å². The Balaban J connectivity index is 2.39. The van der Waals surface area contributed by atoms with E-state index in [1.807, 2.05) is 11.8 Å². The van der Waals surface area contributed by atoms with E-state index < -0.39 is 10.0 Å². The van der Waals surface area contributed by atoms with Crippen molar-refractivity contribution in [2.24, 2.45) is 5.14 Å². The van der Waals surface area contributed by atoms with E-state index in [0.717, 1.165) is 25.8 Å². The van der Waals surface area contributed by atoms with Crippen LogP contribution in [0.3, 0.4) is 0 Å². The molecular weight excluding hydrogens is 288 g/mol. The number of primary sulfonamides is 1. The highest BCUT2D eigenvalue weighted by molar-refractivity contribution is 7.89. The number of nitrogens with two attached hydrogens (primary N) is 1. The average Bonchev–Trinajstić information content (AvgIpc) is 2.93. The summed E-state index contributed by atoms with van der Waals surface area (Å²) in [4.78, 5) is 14.5. The number of nitrogens with zero attached hydrogens (tertiary/aromatic N) is 1. The molecule has 5 nitrogen and oxygen atoms in total. The lowest BCUT2D eigenvalue weighted by Crippen LogP contribution is -2.35. The largest absolute Gasteiger partial charge is 0.336 e. The molecule has 0 saturated carbocycles. The summed E-state index contributed by atoms with van der Waals surface area (Å²) < 4.78 is 23.4. The van der Waals surface area contributed by atoms with Crippen molar-refractivity contribution in [2.75, 3.05) is 6.54 Å². The number of carbonyl (C=O) groups excluding carboxylic acids is 1. The summed E-state index contributed by atoms with van der Waals surface area (Å²) >= 11 is 0. The van der Waals surface area contributed by atoms with Gasteiger partial charge in [0.15, 0.2) is 0 Å². The molecule has 21 heavy (non-hydrogen) atoms. The zero-order valence-electron chi connectivity index (χ0n) is 12.5. The molecule has 1 aromatic carbocycles. The Morgan fingerprint density at radius 2 is 2.10 bits per heavy atom. The second-order valence-corrected chi connectivity index (χ2v) is 6.95. The molecule has 0 bridgehead atoms. The molecule has 0 aliphatic carbocycles. The molecule has 1 aromatic rings. The number of amides is 1. The zero-order valence-corrected chi connectivity index (χ0v) is 13.3. The van der Waals surface area contributed by atoms with E-state index in [0.29, 0.717) is 17.5 Å². The molecular formula is C15H22N2O3S. The van der Waals surface area contributed by atoms with Crippen LogP contribution in [0.25, 0.3) is 0 Å². The molecule has 1 atom stereocenters. The van der Waals surface area contributed by atoms with Gasteiger partial charge < -0.3 is 4.90 Å². The number of aryl methyl sites for hydroxylation is 1. The second kappa shape index (κ2) is 6.15. The van der Waals surface area contributed by atoms with Crippen LogP contribution in [0.2, 0.25) is 0 Å². The van der Waals surface area contributed by atoms with Gasteiger partial charge in [-0.15, -0.1) is 0 Å². The van der Waals surface area contributed by atoms with Crippen molar-refractivity contribution in [1.29, 1.82) is 0 Å². The van der Waals surface area contributed by atoms with Gasteiger partial charge in [0.2, 0.25) is 10.0 Å².